The van der Waals surface area contributed by atoms with E-state index < -0.39 is 0 Å². The maximum absolute atomic E-state index is 12.0. The van der Waals surface area contributed by atoms with Crippen LogP contribution in [0, 0.1) is 0 Å². The summed E-state index contributed by atoms with van der Waals surface area (Å²) in [7, 11) is 0. The Morgan fingerprint density at radius 1 is 1.45 bits per heavy atom. The van der Waals surface area contributed by atoms with Crippen molar-refractivity contribution in [1.29, 1.82) is 0 Å². The van der Waals surface area contributed by atoms with Crippen LogP contribution in [0.15, 0.2) is 12.4 Å². The van der Waals surface area contributed by atoms with E-state index in [9.17, 15) is 4.79 Å². The summed E-state index contributed by atoms with van der Waals surface area (Å²) in [6, 6.07) is 1.83. The monoisotopic (exact) mass is 278 g/mol. The summed E-state index contributed by atoms with van der Waals surface area (Å²) in [6.45, 7) is 9.31. The van der Waals surface area contributed by atoms with Crippen LogP contribution < -0.4 is 10.1 Å². The molecule has 0 bridgehead atoms. The molecule has 1 aromatic rings. The van der Waals surface area contributed by atoms with Gasteiger partial charge in [0.2, 0.25) is 11.8 Å². The van der Waals surface area contributed by atoms with Gasteiger partial charge in [0.25, 0.3) is 0 Å². The number of anilines is 1. The van der Waals surface area contributed by atoms with Crippen molar-refractivity contribution in [1.82, 2.24) is 14.9 Å². The second kappa shape index (κ2) is 5.64. The average Bonchev–Trinajstić information content (AvgIpc) is 2.71. The van der Waals surface area contributed by atoms with Gasteiger partial charge in [-0.25, -0.2) is 9.97 Å². The summed E-state index contributed by atoms with van der Waals surface area (Å²) in [5.41, 5.74) is -0.143. The van der Waals surface area contributed by atoms with Crippen molar-refractivity contribution in [2.45, 2.75) is 45.7 Å². The lowest BCUT2D eigenvalue weighted by Gasteiger charge is -2.32. The predicted octanol–water partition coefficient (Wildman–Crippen LogP) is 1.69. The molecule has 1 N–H and O–H groups in total. The molecule has 6 heteroatoms. The minimum Gasteiger partial charge on any atom is -0.478 e. The Morgan fingerprint density at radius 3 is 2.80 bits per heavy atom. The number of rotatable bonds is 4. The third-order valence-corrected chi connectivity index (χ3v) is 3.22. The minimum atomic E-state index is -0.143. The maximum atomic E-state index is 12.0. The fourth-order valence-corrected chi connectivity index (χ4v) is 2.31. The van der Waals surface area contributed by atoms with E-state index in [-0.39, 0.29) is 17.5 Å². The molecule has 1 saturated heterocycles. The molecule has 1 aliphatic heterocycles. The highest BCUT2D eigenvalue weighted by molar-refractivity contribution is 5.80. The van der Waals surface area contributed by atoms with Crippen LogP contribution >= 0.6 is 0 Å². The van der Waals surface area contributed by atoms with Crippen LogP contribution in [0.5, 0.6) is 5.88 Å². The number of aromatic nitrogens is 2. The first-order chi connectivity index (χ1) is 9.40. The van der Waals surface area contributed by atoms with Crippen molar-refractivity contribution in [3.05, 3.63) is 12.4 Å². The minimum absolute atomic E-state index is 0.0751. The first kappa shape index (κ1) is 14.6. The van der Waals surface area contributed by atoms with E-state index in [0.717, 1.165) is 0 Å². The SMILES string of the molecule is CCOc1cc(NC2CC(=O)N(C(C)(C)C)C2)ncn1. The highest BCUT2D eigenvalue weighted by Crippen LogP contribution is 2.24. The van der Waals surface area contributed by atoms with Gasteiger partial charge in [-0.15, -0.1) is 0 Å². The molecule has 1 amide bonds. The standard InChI is InChI=1S/C14H22N4O2/c1-5-20-12-7-11(15-9-16-12)17-10-6-13(19)18(8-10)14(2,3)4/h7,9-10H,5-6,8H2,1-4H3,(H,15,16,17). The molecule has 1 unspecified atom stereocenters. The maximum Gasteiger partial charge on any atom is 0.225 e. The number of ether oxygens (including phenoxy) is 1. The van der Waals surface area contributed by atoms with E-state index in [2.05, 4.69) is 15.3 Å². The number of nitrogens with one attached hydrogen (secondary N) is 1. The lowest BCUT2D eigenvalue weighted by molar-refractivity contribution is -0.131. The molecule has 0 spiro atoms. The molecule has 0 radical (unpaired) electrons. The summed E-state index contributed by atoms with van der Waals surface area (Å²) in [5, 5.41) is 3.28. The van der Waals surface area contributed by atoms with Gasteiger partial charge in [-0.1, -0.05) is 0 Å². The van der Waals surface area contributed by atoms with E-state index in [1.165, 1.54) is 6.33 Å². The van der Waals surface area contributed by atoms with Crippen molar-refractivity contribution in [2.75, 3.05) is 18.5 Å². The summed E-state index contributed by atoms with van der Waals surface area (Å²) >= 11 is 0. The highest BCUT2D eigenvalue weighted by Gasteiger charge is 2.36. The lowest BCUT2D eigenvalue weighted by Crippen LogP contribution is -2.43. The van der Waals surface area contributed by atoms with Gasteiger partial charge in [0.1, 0.15) is 12.1 Å². The van der Waals surface area contributed by atoms with E-state index in [1.807, 2.05) is 32.6 Å². The van der Waals surface area contributed by atoms with Gasteiger partial charge in [0.15, 0.2) is 0 Å². The molecule has 0 aliphatic carbocycles. The first-order valence-corrected chi connectivity index (χ1v) is 6.92. The Balaban J connectivity index is 2.01. The highest BCUT2D eigenvalue weighted by atomic mass is 16.5. The first-order valence-electron chi connectivity index (χ1n) is 6.92. The van der Waals surface area contributed by atoms with E-state index in [1.54, 1.807) is 6.07 Å². The van der Waals surface area contributed by atoms with Crippen molar-refractivity contribution >= 4 is 11.7 Å². The Hall–Kier alpha value is -1.85. The Labute approximate surface area is 119 Å². The van der Waals surface area contributed by atoms with Crippen LogP contribution in [-0.2, 0) is 4.79 Å². The molecule has 6 nitrogen and oxygen atoms in total. The molecule has 0 aromatic carbocycles. The molecule has 1 atom stereocenters. The number of hydrogen-bond acceptors (Lipinski definition) is 5. The van der Waals surface area contributed by atoms with Gasteiger partial charge >= 0.3 is 0 Å². The van der Waals surface area contributed by atoms with Crippen LogP contribution in [0.2, 0.25) is 0 Å². The van der Waals surface area contributed by atoms with E-state index >= 15 is 0 Å². The fraction of sp³-hybridized carbons (Fsp3) is 0.643. The van der Waals surface area contributed by atoms with Crippen LogP contribution in [0.4, 0.5) is 5.82 Å². The van der Waals surface area contributed by atoms with Crippen LogP contribution in [0.3, 0.4) is 0 Å². The molecule has 1 fully saturated rings. The molecule has 1 aromatic heterocycles. The normalized spacial score (nSPS) is 19.3. The van der Waals surface area contributed by atoms with Crippen molar-refractivity contribution in [3.8, 4) is 5.88 Å². The largest absolute Gasteiger partial charge is 0.478 e. The number of amides is 1. The van der Waals surface area contributed by atoms with Crippen LogP contribution in [-0.4, -0.2) is 45.5 Å². The predicted molar refractivity (Wildman–Crippen MR) is 76.7 cm³/mol. The van der Waals surface area contributed by atoms with Crippen molar-refractivity contribution in [2.24, 2.45) is 0 Å². The lowest BCUT2D eigenvalue weighted by atomic mass is 10.1. The Kier molecular flexibility index (Phi) is 4.11. The number of carbonyl (C=O) groups is 1. The molecule has 110 valence electrons. The molecule has 0 saturated carbocycles. The van der Waals surface area contributed by atoms with Crippen molar-refractivity contribution in [3.63, 3.8) is 0 Å². The summed E-state index contributed by atoms with van der Waals surface area (Å²) in [6.07, 6.45) is 1.96. The Morgan fingerprint density at radius 2 is 2.20 bits per heavy atom. The number of hydrogen-bond donors (Lipinski definition) is 1. The molecular formula is C14H22N4O2. The van der Waals surface area contributed by atoms with E-state index in [0.29, 0.717) is 31.3 Å². The number of carbonyl (C=O) groups excluding carboxylic acids is 1. The number of nitrogens with zero attached hydrogens (tertiary/aromatic N) is 3. The second-order valence-electron chi connectivity index (χ2n) is 5.90. The van der Waals surface area contributed by atoms with Gasteiger partial charge in [0.05, 0.1) is 12.6 Å². The topological polar surface area (TPSA) is 67.3 Å². The third kappa shape index (κ3) is 3.37. The Bertz CT molecular complexity index is 484. The quantitative estimate of drug-likeness (QED) is 0.907. The summed E-state index contributed by atoms with van der Waals surface area (Å²) in [5.74, 6) is 1.41. The zero-order valence-corrected chi connectivity index (χ0v) is 12.5. The van der Waals surface area contributed by atoms with Crippen LogP contribution in [0.25, 0.3) is 0 Å². The molecule has 1 aliphatic rings. The molecule has 2 heterocycles. The molecular weight excluding hydrogens is 256 g/mol. The van der Waals surface area contributed by atoms with Crippen LogP contribution in [0.1, 0.15) is 34.1 Å². The summed E-state index contributed by atoms with van der Waals surface area (Å²) < 4.78 is 5.34. The average molecular weight is 278 g/mol. The molecule has 2 rings (SSSR count). The van der Waals surface area contributed by atoms with Gasteiger partial charge in [-0.05, 0) is 27.7 Å². The summed E-state index contributed by atoms with van der Waals surface area (Å²) in [4.78, 5) is 22.1. The zero-order valence-electron chi connectivity index (χ0n) is 12.5. The van der Waals surface area contributed by atoms with Gasteiger partial charge < -0.3 is 15.0 Å². The van der Waals surface area contributed by atoms with Gasteiger partial charge in [-0.3, -0.25) is 4.79 Å². The zero-order chi connectivity index (χ0) is 14.8. The fourth-order valence-electron chi connectivity index (χ4n) is 2.31. The van der Waals surface area contributed by atoms with E-state index in [4.69, 9.17) is 4.74 Å². The number of likely N-dealkylation sites (tertiary alicyclic amines) is 1. The smallest absolute Gasteiger partial charge is 0.225 e. The van der Waals surface area contributed by atoms with Gasteiger partial charge in [-0.2, -0.15) is 0 Å². The second-order valence-corrected chi connectivity index (χ2v) is 5.90. The third-order valence-electron chi connectivity index (χ3n) is 3.22. The molecule has 20 heavy (non-hydrogen) atoms. The van der Waals surface area contributed by atoms with Crippen molar-refractivity contribution < 1.29 is 9.53 Å². The van der Waals surface area contributed by atoms with Gasteiger partial charge in [0, 0.05) is 24.6 Å².